The third-order valence-electron chi connectivity index (χ3n) is 4.36. The van der Waals surface area contributed by atoms with Crippen LogP contribution < -0.4 is 10.2 Å². The zero-order valence-electron chi connectivity index (χ0n) is 15.0. The number of carbonyl (C=O) groups excluding carboxylic acids is 1. The lowest BCUT2D eigenvalue weighted by molar-refractivity contribution is -0.139. The fraction of sp³-hybridized carbons (Fsp3) is 0.611. The maximum Gasteiger partial charge on any atom is 0.305 e. The zero-order chi connectivity index (χ0) is 18.3. The van der Waals surface area contributed by atoms with Crippen molar-refractivity contribution in [1.82, 2.24) is 10.3 Å². The van der Waals surface area contributed by atoms with E-state index in [0.717, 1.165) is 31.7 Å². The van der Waals surface area contributed by atoms with Gasteiger partial charge < -0.3 is 20.1 Å². The molecule has 1 atom stereocenters. The van der Waals surface area contributed by atoms with Crippen molar-refractivity contribution in [3.8, 4) is 0 Å². The Bertz CT molecular complexity index is 582. The lowest BCUT2D eigenvalue weighted by atomic mass is 9.98. The van der Waals surface area contributed by atoms with Crippen molar-refractivity contribution in [2.45, 2.75) is 44.6 Å². The van der Waals surface area contributed by atoms with Crippen LogP contribution in [-0.4, -0.2) is 54.3 Å². The van der Waals surface area contributed by atoms with Crippen molar-refractivity contribution in [2.75, 3.05) is 31.7 Å². The van der Waals surface area contributed by atoms with Crippen molar-refractivity contribution < 1.29 is 19.4 Å². The SMILES string of the molecule is COCC(C)(CC(=O)O)NC(=O)c1ccc(N2CCCCCC2)nc1. The molecule has 7 nitrogen and oxygen atoms in total. The summed E-state index contributed by atoms with van der Waals surface area (Å²) in [5, 5.41) is 11.8. The number of carboxylic acids is 1. The van der Waals surface area contributed by atoms with Crippen LogP contribution in [-0.2, 0) is 9.53 Å². The first-order valence-corrected chi connectivity index (χ1v) is 8.68. The number of aromatic nitrogens is 1. The second kappa shape index (κ2) is 8.80. The van der Waals surface area contributed by atoms with Gasteiger partial charge >= 0.3 is 5.97 Å². The summed E-state index contributed by atoms with van der Waals surface area (Å²) in [5.41, 5.74) is -0.563. The first-order valence-electron chi connectivity index (χ1n) is 8.68. The molecular weight excluding hydrogens is 322 g/mol. The maximum atomic E-state index is 12.4. The molecule has 1 saturated heterocycles. The number of carbonyl (C=O) groups is 2. The monoisotopic (exact) mass is 349 g/mol. The number of anilines is 1. The number of aliphatic carboxylic acids is 1. The Morgan fingerprint density at radius 1 is 1.28 bits per heavy atom. The smallest absolute Gasteiger partial charge is 0.305 e. The van der Waals surface area contributed by atoms with Crippen molar-refractivity contribution in [1.29, 1.82) is 0 Å². The molecular formula is C18H27N3O4. The van der Waals surface area contributed by atoms with Crippen LogP contribution >= 0.6 is 0 Å². The van der Waals surface area contributed by atoms with Gasteiger partial charge in [-0.1, -0.05) is 12.8 Å². The summed E-state index contributed by atoms with van der Waals surface area (Å²) in [6, 6.07) is 3.58. The number of rotatable bonds is 7. The predicted molar refractivity (Wildman–Crippen MR) is 94.9 cm³/mol. The van der Waals surface area contributed by atoms with E-state index < -0.39 is 11.5 Å². The van der Waals surface area contributed by atoms with E-state index in [2.05, 4.69) is 15.2 Å². The fourth-order valence-electron chi connectivity index (χ4n) is 3.14. The highest BCUT2D eigenvalue weighted by molar-refractivity contribution is 5.94. The quantitative estimate of drug-likeness (QED) is 0.783. The average Bonchev–Trinajstić information content (AvgIpc) is 2.83. The van der Waals surface area contributed by atoms with Gasteiger partial charge in [0.1, 0.15) is 5.82 Å². The molecule has 2 N–H and O–H groups in total. The molecule has 2 rings (SSSR count). The van der Waals surface area contributed by atoms with Gasteiger partial charge in [-0.25, -0.2) is 4.98 Å². The Morgan fingerprint density at radius 2 is 1.96 bits per heavy atom. The van der Waals surface area contributed by atoms with Crippen molar-refractivity contribution >= 4 is 17.7 Å². The highest BCUT2D eigenvalue weighted by atomic mass is 16.5. The summed E-state index contributed by atoms with van der Waals surface area (Å²) < 4.78 is 5.05. The number of carboxylic acid groups (broad SMARTS) is 1. The number of amides is 1. The zero-order valence-corrected chi connectivity index (χ0v) is 15.0. The van der Waals surface area contributed by atoms with Gasteiger partial charge in [0.15, 0.2) is 0 Å². The third-order valence-corrected chi connectivity index (χ3v) is 4.36. The average molecular weight is 349 g/mol. The molecule has 138 valence electrons. The van der Waals surface area contributed by atoms with Gasteiger partial charge in [-0.2, -0.15) is 0 Å². The van der Waals surface area contributed by atoms with E-state index in [1.807, 2.05) is 6.07 Å². The number of pyridine rings is 1. The number of ether oxygens (including phenoxy) is 1. The van der Waals surface area contributed by atoms with Gasteiger partial charge in [0, 0.05) is 26.4 Å². The molecule has 1 aromatic rings. The van der Waals surface area contributed by atoms with Gasteiger partial charge in [0.25, 0.3) is 5.91 Å². The summed E-state index contributed by atoms with van der Waals surface area (Å²) in [6.07, 6.45) is 6.15. The first kappa shape index (κ1) is 19.2. The number of methoxy groups -OCH3 is 1. The van der Waals surface area contributed by atoms with Crippen LogP contribution in [0.3, 0.4) is 0 Å². The molecule has 1 aliphatic heterocycles. The van der Waals surface area contributed by atoms with E-state index >= 15 is 0 Å². The molecule has 1 aliphatic rings. The first-order chi connectivity index (χ1) is 11.9. The normalized spacial score (nSPS) is 17.4. The van der Waals surface area contributed by atoms with Gasteiger partial charge in [-0.3, -0.25) is 9.59 Å². The molecule has 1 aromatic heterocycles. The van der Waals surface area contributed by atoms with Crippen molar-refractivity contribution in [2.24, 2.45) is 0 Å². The van der Waals surface area contributed by atoms with E-state index in [-0.39, 0.29) is 18.9 Å². The van der Waals surface area contributed by atoms with Gasteiger partial charge in [-0.15, -0.1) is 0 Å². The molecule has 1 fully saturated rings. The maximum absolute atomic E-state index is 12.4. The molecule has 0 aromatic carbocycles. The largest absolute Gasteiger partial charge is 0.481 e. The van der Waals surface area contributed by atoms with Gasteiger partial charge in [0.2, 0.25) is 0 Å². The highest BCUT2D eigenvalue weighted by Gasteiger charge is 2.30. The van der Waals surface area contributed by atoms with Crippen LogP contribution in [0.4, 0.5) is 5.82 Å². The van der Waals surface area contributed by atoms with Crippen molar-refractivity contribution in [3.63, 3.8) is 0 Å². The van der Waals surface area contributed by atoms with Crippen LogP contribution in [0.1, 0.15) is 49.4 Å². The second-order valence-corrected chi connectivity index (χ2v) is 6.82. The topological polar surface area (TPSA) is 91.8 Å². The summed E-state index contributed by atoms with van der Waals surface area (Å²) in [6.45, 7) is 3.75. The summed E-state index contributed by atoms with van der Waals surface area (Å²) in [7, 11) is 1.48. The summed E-state index contributed by atoms with van der Waals surface area (Å²) in [5.74, 6) is -0.464. The molecule has 0 saturated carbocycles. The second-order valence-electron chi connectivity index (χ2n) is 6.82. The van der Waals surface area contributed by atoms with Crippen LogP contribution in [0.2, 0.25) is 0 Å². The lowest BCUT2D eigenvalue weighted by Gasteiger charge is -2.28. The molecule has 0 radical (unpaired) electrons. The summed E-state index contributed by atoms with van der Waals surface area (Å²) in [4.78, 5) is 30.1. The van der Waals surface area contributed by atoms with Gasteiger partial charge in [-0.05, 0) is 31.9 Å². The molecule has 25 heavy (non-hydrogen) atoms. The Morgan fingerprint density at radius 3 is 2.48 bits per heavy atom. The number of nitrogens with one attached hydrogen (secondary N) is 1. The minimum Gasteiger partial charge on any atom is -0.481 e. The molecule has 1 amide bonds. The van der Waals surface area contributed by atoms with Crippen LogP contribution in [0.15, 0.2) is 18.3 Å². The minimum absolute atomic E-state index is 0.115. The molecule has 0 spiro atoms. The number of hydrogen-bond donors (Lipinski definition) is 2. The minimum atomic E-state index is -0.991. The van der Waals surface area contributed by atoms with Crippen LogP contribution in [0, 0.1) is 0 Å². The Labute approximate surface area is 148 Å². The molecule has 1 unspecified atom stereocenters. The fourth-order valence-corrected chi connectivity index (χ4v) is 3.14. The lowest BCUT2D eigenvalue weighted by Crippen LogP contribution is -2.50. The van der Waals surface area contributed by atoms with E-state index in [4.69, 9.17) is 9.84 Å². The molecule has 0 aliphatic carbocycles. The van der Waals surface area contributed by atoms with E-state index in [9.17, 15) is 9.59 Å². The van der Waals surface area contributed by atoms with E-state index in [1.165, 1.54) is 20.0 Å². The number of hydrogen-bond acceptors (Lipinski definition) is 5. The Hall–Kier alpha value is -2.15. The Kier molecular flexibility index (Phi) is 6.75. The van der Waals surface area contributed by atoms with Crippen molar-refractivity contribution in [3.05, 3.63) is 23.9 Å². The predicted octanol–water partition coefficient (Wildman–Crippen LogP) is 2.07. The van der Waals surface area contributed by atoms with Crippen LogP contribution in [0.5, 0.6) is 0 Å². The molecule has 7 heteroatoms. The Balaban J connectivity index is 2.04. The standard InChI is InChI=1S/C18H27N3O4/c1-18(13-25-2,11-16(22)23)20-17(24)14-7-8-15(19-12-14)21-9-5-3-4-6-10-21/h7-8,12H,3-6,9-11,13H2,1-2H3,(H,20,24)(H,22,23). The van der Waals surface area contributed by atoms with E-state index in [0.29, 0.717) is 5.56 Å². The summed E-state index contributed by atoms with van der Waals surface area (Å²) >= 11 is 0. The van der Waals surface area contributed by atoms with Gasteiger partial charge in [0.05, 0.1) is 24.1 Å². The third kappa shape index (κ3) is 5.70. The highest BCUT2D eigenvalue weighted by Crippen LogP contribution is 2.18. The molecule has 2 heterocycles. The molecule has 0 bridgehead atoms. The van der Waals surface area contributed by atoms with E-state index in [1.54, 1.807) is 19.2 Å². The number of nitrogens with zero attached hydrogens (tertiary/aromatic N) is 2. The van der Waals surface area contributed by atoms with Crippen LogP contribution in [0.25, 0.3) is 0 Å².